The number of benzene rings is 1. The van der Waals surface area contributed by atoms with Crippen LogP contribution < -0.4 is 5.73 Å². The molecule has 2 N–H and O–H groups in total. The van der Waals surface area contributed by atoms with Gasteiger partial charge in [0.15, 0.2) is 0 Å². The molecule has 1 saturated heterocycles. The molecule has 1 aliphatic rings. The maximum atomic E-state index is 12.2. The predicted molar refractivity (Wildman–Crippen MR) is 71.6 cm³/mol. The standard InChI is InChI=1S/C13H17BrN2O/c1-9-4-5-10(14)8-11(9)12(15)13(17)16-6-2-3-7-16/h4-5,8,12H,2-3,6-7,15H2,1H3. The number of carbonyl (C=O) groups is 1. The van der Waals surface area contributed by atoms with E-state index in [1.165, 1.54) is 0 Å². The molecule has 1 amide bonds. The summed E-state index contributed by atoms with van der Waals surface area (Å²) in [7, 11) is 0. The van der Waals surface area contributed by atoms with Gasteiger partial charge in [-0.15, -0.1) is 0 Å². The van der Waals surface area contributed by atoms with Gasteiger partial charge >= 0.3 is 0 Å². The van der Waals surface area contributed by atoms with E-state index in [4.69, 9.17) is 5.73 Å². The third-order valence-electron chi connectivity index (χ3n) is 3.26. The smallest absolute Gasteiger partial charge is 0.244 e. The van der Waals surface area contributed by atoms with Crippen LogP contribution in [-0.4, -0.2) is 23.9 Å². The van der Waals surface area contributed by atoms with E-state index in [0.29, 0.717) is 0 Å². The van der Waals surface area contributed by atoms with Gasteiger partial charge in [0.25, 0.3) is 0 Å². The van der Waals surface area contributed by atoms with Crippen LogP contribution in [-0.2, 0) is 4.79 Å². The maximum Gasteiger partial charge on any atom is 0.244 e. The van der Waals surface area contributed by atoms with Crippen molar-refractivity contribution in [2.75, 3.05) is 13.1 Å². The Morgan fingerprint density at radius 3 is 2.71 bits per heavy atom. The molecule has 1 aliphatic heterocycles. The molecule has 1 aromatic carbocycles. The summed E-state index contributed by atoms with van der Waals surface area (Å²) in [6.07, 6.45) is 2.19. The van der Waals surface area contributed by atoms with E-state index in [2.05, 4.69) is 15.9 Å². The first-order valence-electron chi connectivity index (χ1n) is 5.90. The molecule has 0 bridgehead atoms. The Bertz CT molecular complexity index is 427. The highest BCUT2D eigenvalue weighted by Gasteiger charge is 2.25. The van der Waals surface area contributed by atoms with E-state index in [1.807, 2.05) is 30.0 Å². The molecular formula is C13H17BrN2O. The van der Waals surface area contributed by atoms with Crippen molar-refractivity contribution in [2.45, 2.75) is 25.8 Å². The second-order valence-corrected chi connectivity index (χ2v) is 5.43. The van der Waals surface area contributed by atoms with Crippen LogP contribution in [0.3, 0.4) is 0 Å². The van der Waals surface area contributed by atoms with Gasteiger partial charge in [0.2, 0.25) is 5.91 Å². The van der Waals surface area contributed by atoms with Gasteiger partial charge in [0.1, 0.15) is 6.04 Å². The minimum absolute atomic E-state index is 0.0451. The van der Waals surface area contributed by atoms with E-state index in [9.17, 15) is 4.79 Å². The SMILES string of the molecule is Cc1ccc(Br)cc1C(N)C(=O)N1CCCC1. The summed E-state index contributed by atoms with van der Waals surface area (Å²) in [5.74, 6) is 0.0451. The number of rotatable bonds is 2. The Balaban J connectivity index is 2.20. The van der Waals surface area contributed by atoms with Crippen molar-refractivity contribution in [3.05, 3.63) is 33.8 Å². The fraction of sp³-hybridized carbons (Fsp3) is 0.462. The van der Waals surface area contributed by atoms with Crippen molar-refractivity contribution in [1.82, 2.24) is 4.90 Å². The van der Waals surface area contributed by atoms with Crippen molar-refractivity contribution in [2.24, 2.45) is 5.73 Å². The quantitative estimate of drug-likeness (QED) is 0.911. The molecule has 0 aromatic heterocycles. The summed E-state index contributed by atoms with van der Waals surface area (Å²) in [5, 5.41) is 0. The van der Waals surface area contributed by atoms with Gasteiger partial charge in [0, 0.05) is 17.6 Å². The molecule has 17 heavy (non-hydrogen) atoms. The lowest BCUT2D eigenvalue weighted by Gasteiger charge is -2.21. The third kappa shape index (κ3) is 2.69. The first kappa shape index (κ1) is 12.6. The summed E-state index contributed by atoms with van der Waals surface area (Å²) in [6.45, 7) is 3.68. The van der Waals surface area contributed by atoms with E-state index in [-0.39, 0.29) is 5.91 Å². The van der Waals surface area contributed by atoms with Crippen LogP contribution in [0.2, 0.25) is 0 Å². The van der Waals surface area contributed by atoms with Crippen molar-refractivity contribution >= 4 is 21.8 Å². The van der Waals surface area contributed by atoms with Crippen LogP contribution in [0.5, 0.6) is 0 Å². The van der Waals surface area contributed by atoms with Gasteiger partial charge < -0.3 is 10.6 Å². The van der Waals surface area contributed by atoms with Crippen LogP contribution in [0, 0.1) is 6.92 Å². The van der Waals surface area contributed by atoms with Gasteiger partial charge in [-0.25, -0.2) is 0 Å². The van der Waals surface area contributed by atoms with Crippen LogP contribution in [0.1, 0.15) is 30.0 Å². The number of carbonyl (C=O) groups excluding carboxylic acids is 1. The fourth-order valence-electron chi connectivity index (χ4n) is 2.21. The van der Waals surface area contributed by atoms with E-state index >= 15 is 0 Å². The van der Waals surface area contributed by atoms with E-state index < -0.39 is 6.04 Å². The second kappa shape index (κ2) is 5.19. The van der Waals surface area contributed by atoms with Crippen LogP contribution in [0.25, 0.3) is 0 Å². The number of nitrogens with two attached hydrogens (primary N) is 1. The molecule has 92 valence electrons. The highest BCUT2D eigenvalue weighted by Crippen LogP contribution is 2.23. The van der Waals surface area contributed by atoms with E-state index in [0.717, 1.165) is 41.5 Å². The summed E-state index contributed by atoms with van der Waals surface area (Å²) in [5.41, 5.74) is 8.05. The molecule has 4 heteroatoms. The topological polar surface area (TPSA) is 46.3 Å². The minimum Gasteiger partial charge on any atom is -0.341 e. The predicted octanol–water partition coefficient (Wildman–Crippen LogP) is 2.38. The molecular weight excluding hydrogens is 280 g/mol. The molecule has 0 saturated carbocycles. The van der Waals surface area contributed by atoms with Crippen LogP contribution in [0.15, 0.2) is 22.7 Å². The number of nitrogens with zero attached hydrogens (tertiary/aromatic N) is 1. The Kier molecular flexibility index (Phi) is 3.84. The zero-order chi connectivity index (χ0) is 12.4. The molecule has 2 rings (SSSR count). The van der Waals surface area contributed by atoms with Crippen molar-refractivity contribution in [1.29, 1.82) is 0 Å². The highest BCUT2D eigenvalue weighted by atomic mass is 79.9. The minimum atomic E-state index is -0.536. The largest absolute Gasteiger partial charge is 0.341 e. The van der Waals surface area contributed by atoms with E-state index in [1.54, 1.807) is 0 Å². The average molecular weight is 297 g/mol. The lowest BCUT2D eigenvalue weighted by molar-refractivity contribution is -0.131. The fourth-order valence-corrected chi connectivity index (χ4v) is 2.59. The molecule has 1 atom stereocenters. The number of halogens is 1. The van der Waals surface area contributed by atoms with Crippen molar-refractivity contribution in [3.8, 4) is 0 Å². The molecule has 0 spiro atoms. The Morgan fingerprint density at radius 1 is 1.41 bits per heavy atom. The van der Waals surface area contributed by atoms with Gasteiger partial charge in [-0.3, -0.25) is 4.79 Å². The molecule has 0 radical (unpaired) electrons. The number of amides is 1. The first-order valence-corrected chi connectivity index (χ1v) is 6.69. The normalized spacial score (nSPS) is 17.2. The number of hydrogen-bond donors (Lipinski definition) is 1. The molecule has 3 nitrogen and oxygen atoms in total. The number of hydrogen-bond acceptors (Lipinski definition) is 2. The van der Waals surface area contributed by atoms with Crippen LogP contribution >= 0.6 is 15.9 Å². The molecule has 1 heterocycles. The summed E-state index contributed by atoms with van der Waals surface area (Å²) < 4.78 is 0.961. The lowest BCUT2D eigenvalue weighted by atomic mass is 10.0. The third-order valence-corrected chi connectivity index (χ3v) is 3.75. The summed E-state index contributed by atoms with van der Waals surface area (Å²) in [6, 6.07) is 5.35. The summed E-state index contributed by atoms with van der Waals surface area (Å²) in [4.78, 5) is 14.1. The molecule has 0 aliphatic carbocycles. The lowest BCUT2D eigenvalue weighted by Crippen LogP contribution is -2.36. The Morgan fingerprint density at radius 2 is 2.06 bits per heavy atom. The zero-order valence-electron chi connectivity index (χ0n) is 9.95. The molecule has 1 unspecified atom stereocenters. The average Bonchev–Trinajstić information content (AvgIpc) is 2.84. The number of likely N-dealkylation sites (tertiary alicyclic amines) is 1. The monoisotopic (exact) mass is 296 g/mol. The molecule has 1 aromatic rings. The summed E-state index contributed by atoms with van der Waals surface area (Å²) >= 11 is 3.42. The Labute approximate surface area is 110 Å². The van der Waals surface area contributed by atoms with Gasteiger partial charge in [0.05, 0.1) is 0 Å². The Hall–Kier alpha value is -0.870. The van der Waals surface area contributed by atoms with Crippen molar-refractivity contribution < 1.29 is 4.79 Å². The molecule has 1 fully saturated rings. The first-order chi connectivity index (χ1) is 8.09. The van der Waals surface area contributed by atoms with Crippen molar-refractivity contribution in [3.63, 3.8) is 0 Å². The van der Waals surface area contributed by atoms with Gasteiger partial charge in [-0.05, 0) is 43.0 Å². The second-order valence-electron chi connectivity index (χ2n) is 4.51. The number of aryl methyl sites for hydroxylation is 1. The highest BCUT2D eigenvalue weighted by molar-refractivity contribution is 9.10. The zero-order valence-corrected chi connectivity index (χ0v) is 11.5. The van der Waals surface area contributed by atoms with Crippen LogP contribution in [0.4, 0.5) is 0 Å². The maximum absolute atomic E-state index is 12.2. The van der Waals surface area contributed by atoms with Gasteiger partial charge in [-0.1, -0.05) is 22.0 Å². The van der Waals surface area contributed by atoms with Gasteiger partial charge in [-0.2, -0.15) is 0 Å².